The van der Waals surface area contributed by atoms with Crippen LogP contribution in [0.5, 0.6) is 11.5 Å². The fourth-order valence-corrected chi connectivity index (χ4v) is 2.53. The van der Waals surface area contributed by atoms with Crippen molar-refractivity contribution in [1.29, 1.82) is 0 Å². The fourth-order valence-electron chi connectivity index (χ4n) is 1.80. The predicted octanol–water partition coefficient (Wildman–Crippen LogP) is 2.81. The first kappa shape index (κ1) is 12.0. The Morgan fingerprint density at radius 1 is 1.06 bits per heavy atom. The lowest BCUT2D eigenvalue weighted by molar-refractivity contribution is 0.382. The van der Waals surface area contributed by atoms with Gasteiger partial charge in [-0.1, -0.05) is 12.1 Å². The molecule has 90 valence electrons. The first-order valence-corrected chi connectivity index (χ1v) is 6.15. The molecule has 0 aliphatic carbocycles. The molecule has 0 saturated carbocycles. The van der Waals surface area contributed by atoms with Crippen molar-refractivity contribution in [2.45, 2.75) is 6.04 Å². The van der Waals surface area contributed by atoms with E-state index in [1.165, 1.54) is 0 Å². The van der Waals surface area contributed by atoms with Crippen LogP contribution < -0.4 is 15.2 Å². The number of hydrogen-bond donors (Lipinski definition) is 1. The minimum absolute atomic E-state index is 0.221. The Balaban J connectivity index is 2.49. The Labute approximate surface area is 105 Å². The van der Waals surface area contributed by atoms with Gasteiger partial charge < -0.3 is 15.2 Å². The zero-order valence-electron chi connectivity index (χ0n) is 9.84. The summed E-state index contributed by atoms with van der Waals surface area (Å²) in [7, 11) is 3.28. The SMILES string of the molecule is COc1cccc(OC)c1[C@@H](N)c1cccs1. The Kier molecular flexibility index (Phi) is 3.66. The number of nitrogens with two attached hydrogens (primary N) is 1. The minimum atomic E-state index is -0.221. The van der Waals surface area contributed by atoms with Gasteiger partial charge >= 0.3 is 0 Å². The summed E-state index contributed by atoms with van der Waals surface area (Å²) in [5, 5.41) is 2.01. The van der Waals surface area contributed by atoms with Crippen molar-refractivity contribution in [3.05, 3.63) is 46.2 Å². The molecule has 1 heterocycles. The van der Waals surface area contributed by atoms with Crippen LogP contribution in [-0.4, -0.2) is 14.2 Å². The highest BCUT2D eigenvalue weighted by molar-refractivity contribution is 7.10. The smallest absolute Gasteiger partial charge is 0.127 e. The van der Waals surface area contributed by atoms with Crippen LogP contribution in [0.25, 0.3) is 0 Å². The van der Waals surface area contributed by atoms with Crippen molar-refractivity contribution in [1.82, 2.24) is 0 Å². The van der Waals surface area contributed by atoms with Crippen molar-refractivity contribution < 1.29 is 9.47 Å². The Hall–Kier alpha value is -1.52. The number of thiophene rings is 1. The van der Waals surface area contributed by atoms with Crippen molar-refractivity contribution in [3.8, 4) is 11.5 Å². The van der Waals surface area contributed by atoms with Gasteiger partial charge in [0.1, 0.15) is 11.5 Å². The van der Waals surface area contributed by atoms with E-state index >= 15 is 0 Å². The van der Waals surface area contributed by atoms with E-state index in [-0.39, 0.29) is 6.04 Å². The average molecular weight is 249 g/mol. The number of benzene rings is 1. The second-order valence-corrected chi connectivity index (χ2v) is 4.55. The second kappa shape index (κ2) is 5.21. The first-order valence-electron chi connectivity index (χ1n) is 5.27. The standard InChI is InChI=1S/C13H15NO2S/c1-15-9-5-3-6-10(16-2)12(9)13(14)11-7-4-8-17-11/h3-8,13H,14H2,1-2H3/t13-/m0/s1. The van der Waals surface area contributed by atoms with Crippen LogP contribution >= 0.6 is 11.3 Å². The van der Waals surface area contributed by atoms with Crippen molar-refractivity contribution in [2.24, 2.45) is 5.73 Å². The quantitative estimate of drug-likeness (QED) is 0.906. The third-order valence-corrected chi connectivity index (χ3v) is 3.58. The Morgan fingerprint density at radius 3 is 2.18 bits per heavy atom. The summed E-state index contributed by atoms with van der Waals surface area (Å²) in [6, 6.07) is 9.46. The first-order chi connectivity index (χ1) is 8.27. The van der Waals surface area contributed by atoms with E-state index in [0.717, 1.165) is 21.9 Å². The highest BCUT2D eigenvalue weighted by Crippen LogP contribution is 2.37. The predicted molar refractivity (Wildman–Crippen MR) is 69.9 cm³/mol. The summed E-state index contributed by atoms with van der Waals surface area (Å²) in [6.45, 7) is 0. The van der Waals surface area contributed by atoms with Crippen LogP contribution in [-0.2, 0) is 0 Å². The molecule has 1 aromatic carbocycles. The van der Waals surface area contributed by atoms with Gasteiger partial charge in [-0.15, -0.1) is 11.3 Å². The van der Waals surface area contributed by atoms with E-state index < -0.39 is 0 Å². The molecule has 1 aromatic heterocycles. The zero-order chi connectivity index (χ0) is 12.3. The molecular weight excluding hydrogens is 234 g/mol. The third kappa shape index (κ3) is 2.28. The summed E-state index contributed by atoms with van der Waals surface area (Å²) in [4.78, 5) is 1.09. The van der Waals surface area contributed by atoms with Gasteiger partial charge in [0.05, 0.1) is 25.8 Å². The maximum Gasteiger partial charge on any atom is 0.127 e. The summed E-state index contributed by atoms with van der Waals surface area (Å²) < 4.78 is 10.7. The highest BCUT2D eigenvalue weighted by Gasteiger charge is 2.19. The third-order valence-electron chi connectivity index (χ3n) is 2.63. The molecule has 3 nitrogen and oxygen atoms in total. The van der Waals surface area contributed by atoms with E-state index in [1.807, 2.05) is 35.7 Å². The number of hydrogen-bond acceptors (Lipinski definition) is 4. The largest absolute Gasteiger partial charge is 0.496 e. The van der Waals surface area contributed by atoms with Crippen LogP contribution in [0.15, 0.2) is 35.7 Å². The molecular formula is C13H15NO2S. The lowest BCUT2D eigenvalue weighted by Gasteiger charge is -2.17. The van der Waals surface area contributed by atoms with Crippen LogP contribution in [0, 0.1) is 0 Å². The molecule has 1 atom stereocenters. The van der Waals surface area contributed by atoms with Gasteiger partial charge in [-0.05, 0) is 23.6 Å². The molecule has 0 unspecified atom stereocenters. The monoisotopic (exact) mass is 249 g/mol. The van der Waals surface area contributed by atoms with Gasteiger partial charge in [-0.3, -0.25) is 0 Å². The van der Waals surface area contributed by atoms with E-state index in [4.69, 9.17) is 15.2 Å². The molecule has 0 aliphatic heterocycles. The molecule has 0 saturated heterocycles. The van der Waals surface area contributed by atoms with Gasteiger partial charge in [0.15, 0.2) is 0 Å². The van der Waals surface area contributed by atoms with Crippen molar-refractivity contribution in [2.75, 3.05) is 14.2 Å². The molecule has 2 aromatic rings. The summed E-state index contributed by atoms with van der Waals surface area (Å²) in [6.07, 6.45) is 0. The molecule has 0 amide bonds. The van der Waals surface area contributed by atoms with Gasteiger partial charge in [0.25, 0.3) is 0 Å². The number of ether oxygens (including phenoxy) is 2. The number of methoxy groups -OCH3 is 2. The normalized spacial score (nSPS) is 12.2. The minimum Gasteiger partial charge on any atom is -0.496 e. The van der Waals surface area contributed by atoms with Crippen molar-refractivity contribution >= 4 is 11.3 Å². The van der Waals surface area contributed by atoms with Crippen molar-refractivity contribution in [3.63, 3.8) is 0 Å². The summed E-state index contributed by atoms with van der Waals surface area (Å²) >= 11 is 1.63. The molecule has 0 aliphatic rings. The molecule has 0 radical (unpaired) electrons. The van der Waals surface area contributed by atoms with Gasteiger partial charge in [-0.2, -0.15) is 0 Å². The topological polar surface area (TPSA) is 44.5 Å². The average Bonchev–Trinajstić information content (AvgIpc) is 2.90. The molecule has 17 heavy (non-hydrogen) atoms. The zero-order valence-corrected chi connectivity index (χ0v) is 10.7. The molecule has 4 heteroatoms. The number of rotatable bonds is 4. The summed E-state index contributed by atoms with van der Waals surface area (Å²) in [5.74, 6) is 1.51. The van der Waals surface area contributed by atoms with Crippen LogP contribution in [0.2, 0.25) is 0 Å². The summed E-state index contributed by atoms with van der Waals surface area (Å²) in [5.41, 5.74) is 7.15. The van der Waals surface area contributed by atoms with Crippen LogP contribution in [0.1, 0.15) is 16.5 Å². The second-order valence-electron chi connectivity index (χ2n) is 3.57. The molecule has 0 spiro atoms. The van der Waals surface area contributed by atoms with Crippen LogP contribution in [0.3, 0.4) is 0 Å². The van der Waals surface area contributed by atoms with Gasteiger partial charge in [-0.25, -0.2) is 0 Å². The maximum absolute atomic E-state index is 6.26. The van der Waals surface area contributed by atoms with E-state index in [0.29, 0.717) is 0 Å². The molecule has 0 bridgehead atoms. The highest BCUT2D eigenvalue weighted by atomic mass is 32.1. The van der Waals surface area contributed by atoms with Gasteiger partial charge in [0, 0.05) is 4.88 Å². The van der Waals surface area contributed by atoms with E-state index in [1.54, 1.807) is 25.6 Å². The fraction of sp³-hybridized carbons (Fsp3) is 0.231. The Morgan fingerprint density at radius 2 is 1.71 bits per heavy atom. The van der Waals surface area contributed by atoms with E-state index in [9.17, 15) is 0 Å². The van der Waals surface area contributed by atoms with E-state index in [2.05, 4.69) is 0 Å². The van der Waals surface area contributed by atoms with Crippen LogP contribution in [0.4, 0.5) is 0 Å². The lowest BCUT2D eigenvalue weighted by atomic mass is 10.0. The van der Waals surface area contributed by atoms with Gasteiger partial charge in [0.2, 0.25) is 0 Å². The maximum atomic E-state index is 6.26. The molecule has 2 N–H and O–H groups in total. The Bertz CT molecular complexity index is 460. The molecule has 2 rings (SSSR count). The molecule has 0 fully saturated rings. The lowest BCUT2D eigenvalue weighted by Crippen LogP contribution is -2.13.